The fraction of sp³-hybridized carbons (Fsp3) is 0.389. The number of furan rings is 1. The van der Waals surface area contributed by atoms with Crippen molar-refractivity contribution in [3.63, 3.8) is 0 Å². The summed E-state index contributed by atoms with van der Waals surface area (Å²) >= 11 is 0. The highest BCUT2D eigenvalue weighted by Crippen LogP contribution is 2.24. The van der Waals surface area contributed by atoms with Gasteiger partial charge >= 0.3 is 0 Å². The number of aliphatic hydroxyl groups is 1. The monoisotopic (exact) mass is 341 g/mol. The fourth-order valence-corrected chi connectivity index (χ4v) is 3.41. The highest BCUT2D eigenvalue weighted by Gasteiger charge is 2.24. The predicted molar refractivity (Wildman–Crippen MR) is 92.2 cm³/mol. The predicted octanol–water partition coefficient (Wildman–Crippen LogP) is 1.56. The second kappa shape index (κ2) is 6.33. The summed E-state index contributed by atoms with van der Waals surface area (Å²) in [6.07, 6.45) is 4.24. The van der Waals surface area contributed by atoms with E-state index < -0.39 is 6.10 Å². The fourth-order valence-electron chi connectivity index (χ4n) is 3.41. The van der Waals surface area contributed by atoms with Crippen molar-refractivity contribution in [2.45, 2.75) is 44.4 Å². The van der Waals surface area contributed by atoms with E-state index in [9.17, 15) is 14.7 Å². The Morgan fingerprint density at radius 3 is 2.96 bits per heavy atom. The van der Waals surface area contributed by atoms with E-state index in [2.05, 4.69) is 10.3 Å². The third-order valence-corrected chi connectivity index (χ3v) is 4.74. The molecule has 1 aromatic carbocycles. The molecule has 1 saturated carbocycles. The van der Waals surface area contributed by atoms with Crippen LogP contribution < -0.4 is 10.9 Å². The Hall–Kier alpha value is -2.67. The third kappa shape index (κ3) is 2.91. The van der Waals surface area contributed by atoms with Crippen LogP contribution in [0.2, 0.25) is 0 Å². The molecule has 2 N–H and O–H groups in total. The molecule has 7 heteroatoms. The normalized spacial score (nSPS) is 20.8. The molecule has 3 aromatic rings. The van der Waals surface area contributed by atoms with Crippen molar-refractivity contribution in [3.05, 3.63) is 40.9 Å². The number of fused-ring (bicyclic) bond motifs is 3. The van der Waals surface area contributed by atoms with Gasteiger partial charge in [0.2, 0.25) is 11.5 Å². The van der Waals surface area contributed by atoms with Gasteiger partial charge in [-0.15, -0.1) is 0 Å². The molecule has 7 nitrogen and oxygen atoms in total. The second-order valence-electron chi connectivity index (χ2n) is 6.48. The van der Waals surface area contributed by atoms with Crippen LogP contribution in [0.3, 0.4) is 0 Å². The Kier molecular flexibility index (Phi) is 4.01. The molecular formula is C18H19N3O4. The summed E-state index contributed by atoms with van der Waals surface area (Å²) in [4.78, 5) is 29.1. The number of aromatic nitrogens is 2. The minimum atomic E-state index is -0.523. The average molecular weight is 341 g/mol. The summed E-state index contributed by atoms with van der Waals surface area (Å²) < 4.78 is 6.84. The maximum atomic E-state index is 12.6. The molecule has 2 heterocycles. The van der Waals surface area contributed by atoms with Crippen molar-refractivity contribution in [1.29, 1.82) is 0 Å². The summed E-state index contributed by atoms with van der Waals surface area (Å²) in [7, 11) is 0. The quantitative estimate of drug-likeness (QED) is 0.753. The molecule has 0 aliphatic heterocycles. The van der Waals surface area contributed by atoms with Crippen LogP contribution in [0.4, 0.5) is 0 Å². The molecule has 1 amide bonds. The van der Waals surface area contributed by atoms with Crippen LogP contribution >= 0.6 is 0 Å². The molecule has 0 radical (unpaired) electrons. The lowest BCUT2D eigenvalue weighted by molar-refractivity contribution is -0.123. The molecule has 0 spiro atoms. The summed E-state index contributed by atoms with van der Waals surface area (Å²) in [6, 6.07) is 7.05. The Morgan fingerprint density at radius 2 is 2.12 bits per heavy atom. The minimum Gasteiger partial charge on any atom is -0.448 e. The van der Waals surface area contributed by atoms with Gasteiger partial charge < -0.3 is 14.8 Å². The topological polar surface area (TPSA) is 97.4 Å². The lowest BCUT2D eigenvalue weighted by Gasteiger charge is -2.28. The average Bonchev–Trinajstić information content (AvgIpc) is 2.99. The zero-order valence-electron chi connectivity index (χ0n) is 13.6. The zero-order chi connectivity index (χ0) is 17.4. The van der Waals surface area contributed by atoms with Crippen molar-refractivity contribution in [2.24, 2.45) is 0 Å². The van der Waals surface area contributed by atoms with Crippen LogP contribution in [-0.4, -0.2) is 32.7 Å². The zero-order valence-corrected chi connectivity index (χ0v) is 13.6. The standard InChI is InChI=1S/C18H19N3O4/c22-13-7-3-2-6-12(13)20-15(23)9-21-10-19-16-11-5-1-4-8-14(11)25-17(16)18(21)24/h1,4-5,8,10,12-13,22H,2-3,6-7,9H2,(H,20,23). The molecule has 2 atom stereocenters. The van der Waals surface area contributed by atoms with E-state index in [4.69, 9.17) is 4.42 Å². The van der Waals surface area contributed by atoms with Crippen molar-refractivity contribution < 1.29 is 14.3 Å². The molecule has 2 aromatic heterocycles. The van der Waals surface area contributed by atoms with Gasteiger partial charge in [-0.3, -0.25) is 14.2 Å². The van der Waals surface area contributed by atoms with Crippen molar-refractivity contribution in [2.75, 3.05) is 0 Å². The number of para-hydroxylation sites is 1. The number of nitrogens with one attached hydrogen (secondary N) is 1. The number of benzene rings is 1. The van der Waals surface area contributed by atoms with Gasteiger partial charge in [0.05, 0.1) is 18.5 Å². The number of nitrogens with zero attached hydrogens (tertiary/aromatic N) is 2. The van der Waals surface area contributed by atoms with E-state index >= 15 is 0 Å². The summed E-state index contributed by atoms with van der Waals surface area (Å²) in [5.74, 6) is -0.315. The Balaban J connectivity index is 1.59. The second-order valence-corrected chi connectivity index (χ2v) is 6.48. The van der Waals surface area contributed by atoms with Gasteiger partial charge in [0.25, 0.3) is 5.56 Å². The van der Waals surface area contributed by atoms with Crippen LogP contribution in [0.15, 0.2) is 39.8 Å². The van der Waals surface area contributed by atoms with Gasteiger partial charge in [-0.2, -0.15) is 0 Å². The molecule has 4 rings (SSSR count). The van der Waals surface area contributed by atoms with Gasteiger partial charge in [0.15, 0.2) is 0 Å². The maximum absolute atomic E-state index is 12.6. The van der Waals surface area contributed by atoms with Crippen LogP contribution in [0, 0.1) is 0 Å². The van der Waals surface area contributed by atoms with Crippen LogP contribution in [0.5, 0.6) is 0 Å². The number of carbonyl (C=O) groups excluding carboxylic acids is 1. The number of hydrogen-bond acceptors (Lipinski definition) is 5. The van der Waals surface area contributed by atoms with Gasteiger partial charge in [0, 0.05) is 5.39 Å². The van der Waals surface area contributed by atoms with E-state index in [1.165, 1.54) is 10.9 Å². The molecule has 1 aliphatic rings. The summed E-state index contributed by atoms with van der Waals surface area (Å²) in [5.41, 5.74) is 0.851. The van der Waals surface area contributed by atoms with E-state index in [1.807, 2.05) is 18.2 Å². The maximum Gasteiger partial charge on any atom is 0.297 e. The first-order chi connectivity index (χ1) is 12.1. The summed E-state index contributed by atoms with van der Waals surface area (Å²) in [6.45, 7) is -0.151. The van der Waals surface area contributed by atoms with Crippen LogP contribution in [0.1, 0.15) is 25.7 Å². The molecular weight excluding hydrogens is 322 g/mol. The Morgan fingerprint density at radius 1 is 1.32 bits per heavy atom. The van der Waals surface area contributed by atoms with Gasteiger partial charge in [-0.1, -0.05) is 25.0 Å². The van der Waals surface area contributed by atoms with Crippen LogP contribution in [-0.2, 0) is 11.3 Å². The molecule has 1 fully saturated rings. The molecule has 0 saturated heterocycles. The van der Waals surface area contributed by atoms with E-state index in [1.54, 1.807) is 6.07 Å². The lowest BCUT2D eigenvalue weighted by atomic mass is 9.92. The van der Waals surface area contributed by atoms with Crippen molar-refractivity contribution in [3.8, 4) is 0 Å². The van der Waals surface area contributed by atoms with Crippen LogP contribution in [0.25, 0.3) is 22.1 Å². The molecule has 2 unspecified atom stereocenters. The van der Waals surface area contributed by atoms with E-state index in [-0.39, 0.29) is 29.6 Å². The summed E-state index contributed by atoms with van der Waals surface area (Å²) in [5, 5.41) is 13.5. The van der Waals surface area contributed by atoms with Crippen molar-refractivity contribution in [1.82, 2.24) is 14.9 Å². The number of amides is 1. The minimum absolute atomic E-state index is 0.147. The SMILES string of the molecule is O=C(Cn1cnc2c(oc3ccccc32)c1=O)NC1CCCCC1O. The van der Waals surface area contributed by atoms with E-state index in [0.29, 0.717) is 17.5 Å². The van der Waals surface area contributed by atoms with Gasteiger partial charge in [-0.05, 0) is 25.0 Å². The number of carbonyl (C=O) groups is 1. The highest BCUT2D eigenvalue weighted by molar-refractivity contribution is 6.01. The highest BCUT2D eigenvalue weighted by atomic mass is 16.3. The number of aliphatic hydroxyl groups excluding tert-OH is 1. The molecule has 0 bridgehead atoms. The molecule has 1 aliphatic carbocycles. The largest absolute Gasteiger partial charge is 0.448 e. The smallest absolute Gasteiger partial charge is 0.297 e. The molecule has 25 heavy (non-hydrogen) atoms. The number of hydrogen-bond donors (Lipinski definition) is 2. The first-order valence-electron chi connectivity index (χ1n) is 8.47. The molecule has 130 valence electrons. The number of rotatable bonds is 3. The lowest BCUT2D eigenvalue weighted by Crippen LogP contribution is -2.46. The Labute approximate surface area is 143 Å². The van der Waals surface area contributed by atoms with Gasteiger partial charge in [-0.25, -0.2) is 4.98 Å². The first kappa shape index (κ1) is 15.8. The van der Waals surface area contributed by atoms with Crippen molar-refractivity contribution >= 4 is 28.0 Å². The van der Waals surface area contributed by atoms with E-state index in [0.717, 1.165) is 24.6 Å². The first-order valence-corrected chi connectivity index (χ1v) is 8.47. The third-order valence-electron chi connectivity index (χ3n) is 4.74. The Bertz CT molecular complexity index is 991. The van der Waals surface area contributed by atoms with Gasteiger partial charge in [0.1, 0.15) is 17.6 Å².